The molecule has 1 aliphatic heterocycles. The quantitative estimate of drug-likeness (QED) is 0.896. The molecule has 0 saturated carbocycles. The standard InChI is InChI=1S/C15H22O3/c1-10-8-12(9-11(2)13(10)17-4)14(16)15(3)6-5-7-18-15/h8-9,14,16H,5-7H2,1-4H3. The van der Waals surface area contributed by atoms with E-state index in [0.29, 0.717) is 0 Å². The van der Waals surface area contributed by atoms with Gasteiger partial charge in [-0.15, -0.1) is 0 Å². The van der Waals surface area contributed by atoms with E-state index >= 15 is 0 Å². The molecule has 1 fully saturated rings. The largest absolute Gasteiger partial charge is 0.496 e. The van der Waals surface area contributed by atoms with Gasteiger partial charge in [-0.1, -0.05) is 0 Å². The SMILES string of the molecule is COc1c(C)cc(C(O)C2(C)CCCO2)cc1C. The molecule has 100 valence electrons. The molecule has 1 aromatic carbocycles. The van der Waals surface area contributed by atoms with E-state index in [1.807, 2.05) is 32.9 Å². The van der Waals surface area contributed by atoms with E-state index in [-0.39, 0.29) is 0 Å². The third-order valence-electron chi connectivity index (χ3n) is 3.83. The number of methoxy groups -OCH3 is 1. The van der Waals surface area contributed by atoms with Gasteiger partial charge in [-0.2, -0.15) is 0 Å². The summed E-state index contributed by atoms with van der Waals surface area (Å²) in [6, 6.07) is 3.98. The van der Waals surface area contributed by atoms with Crippen LogP contribution in [0.4, 0.5) is 0 Å². The summed E-state index contributed by atoms with van der Waals surface area (Å²) in [5, 5.41) is 10.5. The minimum Gasteiger partial charge on any atom is -0.496 e. The van der Waals surface area contributed by atoms with Crippen molar-refractivity contribution in [1.29, 1.82) is 0 Å². The van der Waals surface area contributed by atoms with Gasteiger partial charge in [0.2, 0.25) is 0 Å². The van der Waals surface area contributed by atoms with Crippen LogP contribution in [0, 0.1) is 13.8 Å². The molecule has 18 heavy (non-hydrogen) atoms. The number of aliphatic hydroxyl groups excluding tert-OH is 1. The summed E-state index contributed by atoms with van der Waals surface area (Å²) >= 11 is 0. The molecule has 2 unspecified atom stereocenters. The van der Waals surface area contributed by atoms with Gasteiger partial charge in [0.15, 0.2) is 0 Å². The Morgan fingerprint density at radius 2 is 1.94 bits per heavy atom. The van der Waals surface area contributed by atoms with Gasteiger partial charge in [0.05, 0.1) is 12.7 Å². The van der Waals surface area contributed by atoms with Crippen molar-refractivity contribution in [2.24, 2.45) is 0 Å². The number of aryl methyl sites for hydroxylation is 2. The second-order valence-electron chi connectivity index (χ2n) is 5.36. The summed E-state index contributed by atoms with van der Waals surface area (Å²) in [6.45, 7) is 6.72. The summed E-state index contributed by atoms with van der Waals surface area (Å²) in [6.07, 6.45) is 1.34. The maximum atomic E-state index is 10.5. The Morgan fingerprint density at radius 1 is 1.33 bits per heavy atom. The lowest BCUT2D eigenvalue weighted by atomic mass is 9.88. The predicted molar refractivity (Wildman–Crippen MR) is 71.0 cm³/mol. The van der Waals surface area contributed by atoms with Gasteiger partial charge in [0.1, 0.15) is 11.9 Å². The highest BCUT2D eigenvalue weighted by atomic mass is 16.5. The van der Waals surface area contributed by atoms with E-state index in [1.54, 1.807) is 7.11 Å². The van der Waals surface area contributed by atoms with Crippen LogP contribution >= 0.6 is 0 Å². The fraction of sp³-hybridized carbons (Fsp3) is 0.600. The third kappa shape index (κ3) is 2.25. The van der Waals surface area contributed by atoms with Gasteiger partial charge >= 0.3 is 0 Å². The van der Waals surface area contributed by atoms with Crippen LogP contribution in [-0.4, -0.2) is 24.4 Å². The van der Waals surface area contributed by atoms with Crippen LogP contribution in [0.5, 0.6) is 5.75 Å². The Bertz CT molecular complexity index is 410. The van der Waals surface area contributed by atoms with Crippen LogP contribution in [-0.2, 0) is 4.74 Å². The fourth-order valence-electron chi connectivity index (χ4n) is 2.83. The van der Waals surface area contributed by atoms with Crippen molar-refractivity contribution in [2.75, 3.05) is 13.7 Å². The first kappa shape index (κ1) is 13.4. The van der Waals surface area contributed by atoms with Crippen LogP contribution in [0.2, 0.25) is 0 Å². The van der Waals surface area contributed by atoms with Gasteiger partial charge in [-0.25, -0.2) is 0 Å². The highest BCUT2D eigenvalue weighted by Crippen LogP contribution is 2.39. The average Bonchev–Trinajstić information content (AvgIpc) is 2.76. The number of rotatable bonds is 3. The highest BCUT2D eigenvalue weighted by Gasteiger charge is 2.38. The molecular weight excluding hydrogens is 228 g/mol. The van der Waals surface area contributed by atoms with Gasteiger partial charge < -0.3 is 14.6 Å². The molecule has 1 heterocycles. The van der Waals surface area contributed by atoms with Crippen LogP contribution in [0.25, 0.3) is 0 Å². The molecule has 1 N–H and O–H groups in total. The Labute approximate surface area is 109 Å². The Kier molecular flexibility index (Phi) is 3.64. The molecule has 3 heteroatoms. The minimum absolute atomic E-state index is 0.451. The highest BCUT2D eigenvalue weighted by molar-refractivity contribution is 5.44. The molecule has 2 rings (SSSR count). The number of benzene rings is 1. The van der Waals surface area contributed by atoms with Crippen molar-refractivity contribution in [2.45, 2.75) is 45.3 Å². The molecular formula is C15H22O3. The van der Waals surface area contributed by atoms with E-state index in [1.165, 1.54) is 0 Å². The van der Waals surface area contributed by atoms with Gasteiger partial charge in [-0.05, 0) is 62.4 Å². The van der Waals surface area contributed by atoms with Gasteiger partial charge in [0, 0.05) is 6.61 Å². The van der Waals surface area contributed by atoms with Crippen LogP contribution < -0.4 is 4.74 Å². The number of hydrogen-bond acceptors (Lipinski definition) is 3. The molecule has 2 atom stereocenters. The van der Waals surface area contributed by atoms with Crippen LogP contribution in [0.1, 0.15) is 42.6 Å². The predicted octanol–water partition coefficient (Wildman–Crippen LogP) is 2.91. The van der Waals surface area contributed by atoms with Crippen molar-refractivity contribution >= 4 is 0 Å². The fourth-order valence-corrected chi connectivity index (χ4v) is 2.83. The maximum absolute atomic E-state index is 10.5. The molecule has 0 bridgehead atoms. The Hall–Kier alpha value is -1.06. The lowest BCUT2D eigenvalue weighted by Crippen LogP contribution is -2.32. The second kappa shape index (κ2) is 4.90. The number of aliphatic hydroxyl groups is 1. The molecule has 0 spiro atoms. The molecule has 1 aliphatic rings. The maximum Gasteiger partial charge on any atom is 0.124 e. The normalized spacial score (nSPS) is 25.2. The van der Waals surface area contributed by atoms with Crippen molar-refractivity contribution in [3.8, 4) is 5.75 Å². The summed E-state index contributed by atoms with van der Waals surface area (Å²) < 4.78 is 11.1. The molecule has 3 nitrogen and oxygen atoms in total. The topological polar surface area (TPSA) is 38.7 Å². The summed E-state index contributed by atoms with van der Waals surface area (Å²) in [7, 11) is 1.67. The number of ether oxygens (including phenoxy) is 2. The van der Waals surface area contributed by atoms with Crippen LogP contribution in [0.3, 0.4) is 0 Å². The van der Waals surface area contributed by atoms with E-state index in [9.17, 15) is 5.11 Å². The van der Waals surface area contributed by atoms with Crippen LogP contribution in [0.15, 0.2) is 12.1 Å². The minimum atomic E-state index is -0.580. The third-order valence-corrected chi connectivity index (χ3v) is 3.83. The zero-order chi connectivity index (χ0) is 13.3. The molecule has 0 aromatic heterocycles. The first-order chi connectivity index (χ1) is 8.48. The monoisotopic (exact) mass is 250 g/mol. The van der Waals surface area contributed by atoms with E-state index < -0.39 is 11.7 Å². The molecule has 0 amide bonds. The Morgan fingerprint density at radius 3 is 2.39 bits per heavy atom. The first-order valence-electron chi connectivity index (χ1n) is 6.45. The van der Waals surface area contributed by atoms with Crippen molar-refractivity contribution in [1.82, 2.24) is 0 Å². The summed E-state index contributed by atoms with van der Waals surface area (Å²) in [5.41, 5.74) is 2.56. The lowest BCUT2D eigenvalue weighted by Gasteiger charge is -2.30. The average molecular weight is 250 g/mol. The zero-order valence-electron chi connectivity index (χ0n) is 11.6. The van der Waals surface area contributed by atoms with Gasteiger partial charge in [0.25, 0.3) is 0 Å². The van der Waals surface area contributed by atoms with E-state index in [4.69, 9.17) is 9.47 Å². The van der Waals surface area contributed by atoms with E-state index in [0.717, 1.165) is 41.9 Å². The summed E-state index contributed by atoms with van der Waals surface area (Å²) in [5.74, 6) is 0.892. The Balaban J connectivity index is 2.34. The lowest BCUT2D eigenvalue weighted by molar-refractivity contribution is -0.0796. The molecule has 0 radical (unpaired) electrons. The molecule has 0 aliphatic carbocycles. The second-order valence-corrected chi connectivity index (χ2v) is 5.36. The zero-order valence-corrected chi connectivity index (χ0v) is 11.6. The first-order valence-corrected chi connectivity index (χ1v) is 6.45. The number of hydrogen-bond donors (Lipinski definition) is 1. The van der Waals surface area contributed by atoms with Gasteiger partial charge in [-0.3, -0.25) is 0 Å². The smallest absolute Gasteiger partial charge is 0.124 e. The van der Waals surface area contributed by atoms with Crippen molar-refractivity contribution in [3.63, 3.8) is 0 Å². The molecule has 1 aromatic rings. The molecule has 1 saturated heterocycles. The van der Waals surface area contributed by atoms with Crippen molar-refractivity contribution < 1.29 is 14.6 Å². The summed E-state index contributed by atoms with van der Waals surface area (Å²) in [4.78, 5) is 0. The van der Waals surface area contributed by atoms with Crippen molar-refractivity contribution in [3.05, 3.63) is 28.8 Å². The van der Waals surface area contributed by atoms with E-state index in [2.05, 4.69) is 0 Å².